The molecule has 284 valence electrons. The van der Waals surface area contributed by atoms with Gasteiger partial charge in [0, 0.05) is 74.3 Å². The van der Waals surface area contributed by atoms with Crippen molar-refractivity contribution in [2.45, 2.75) is 75.4 Å². The summed E-state index contributed by atoms with van der Waals surface area (Å²) < 4.78 is 0. The van der Waals surface area contributed by atoms with Crippen molar-refractivity contribution in [3.05, 3.63) is 107 Å². The van der Waals surface area contributed by atoms with Crippen LogP contribution in [0.5, 0.6) is 0 Å². The van der Waals surface area contributed by atoms with E-state index in [1.54, 1.807) is 34.1 Å². The van der Waals surface area contributed by atoms with Crippen molar-refractivity contribution >= 4 is 29.5 Å². The van der Waals surface area contributed by atoms with Gasteiger partial charge in [0.15, 0.2) is 0 Å². The van der Waals surface area contributed by atoms with Crippen LogP contribution in [-0.4, -0.2) is 96.7 Å². The Balaban J connectivity index is 0.975. The molecule has 2 aliphatic heterocycles. The highest BCUT2D eigenvalue weighted by Crippen LogP contribution is 2.42. The van der Waals surface area contributed by atoms with Crippen molar-refractivity contribution in [3.63, 3.8) is 0 Å². The first-order chi connectivity index (χ1) is 26.3. The fourth-order valence-electron chi connectivity index (χ4n) is 8.04. The quantitative estimate of drug-likeness (QED) is 0.186. The number of carbonyl (C=O) groups is 5. The third kappa shape index (κ3) is 8.84. The van der Waals surface area contributed by atoms with E-state index in [1.807, 2.05) is 36.4 Å². The molecule has 2 heterocycles. The second-order valence-corrected chi connectivity index (χ2v) is 15.3. The smallest absolute Gasteiger partial charge is 0.253 e. The predicted octanol–water partition coefficient (Wildman–Crippen LogP) is 3.83. The van der Waals surface area contributed by atoms with E-state index in [2.05, 4.69) is 52.5 Å². The van der Waals surface area contributed by atoms with Crippen LogP contribution in [0.4, 0.5) is 0 Å². The number of carbonyl (C=O) groups excluding carboxylic acids is 5. The van der Waals surface area contributed by atoms with Crippen LogP contribution >= 0.6 is 0 Å². The first-order valence-corrected chi connectivity index (χ1v) is 19.7. The standard InChI is InChI=1S/C43H52N6O5/c1-2-3-4-11-20-45-41(52)38-27-48(22-21-44-38)42(53)30-16-18-31(19-17-30)43(54)49-25-34(39(50)46-36-23-32(36)28-12-7-5-8-13-28)35(26-49)40(51)47-37-24-33(37)29-14-9-6-10-15-29/h5-10,12-19,32-38,44H,2-4,11,20-27H2,1H3,(H,45,52)(H,46,50)(H,47,51)/t32-,33-,34-,35-,36+,37+,38?/m1/s1. The monoisotopic (exact) mass is 732 g/mol. The number of unbranched alkanes of at least 4 members (excludes halogenated alkanes) is 3. The number of benzene rings is 3. The van der Waals surface area contributed by atoms with E-state index in [4.69, 9.17) is 0 Å². The van der Waals surface area contributed by atoms with Crippen LogP contribution in [0.15, 0.2) is 84.9 Å². The van der Waals surface area contributed by atoms with Crippen LogP contribution in [0.2, 0.25) is 0 Å². The highest BCUT2D eigenvalue weighted by Gasteiger charge is 2.49. The number of hydrogen-bond acceptors (Lipinski definition) is 6. The summed E-state index contributed by atoms with van der Waals surface area (Å²) in [6.45, 7) is 4.27. The lowest BCUT2D eigenvalue weighted by Gasteiger charge is -2.33. The Labute approximate surface area is 317 Å². The second kappa shape index (κ2) is 17.0. The van der Waals surface area contributed by atoms with E-state index in [0.29, 0.717) is 30.8 Å². The number of piperazine rings is 1. The maximum atomic E-state index is 13.9. The van der Waals surface area contributed by atoms with Crippen molar-refractivity contribution in [1.82, 2.24) is 31.1 Å². The zero-order valence-electron chi connectivity index (χ0n) is 31.0. The van der Waals surface area contributed by atoms with E-state index in [9.17, 15) is 24.0 Å². The van der Waals surface area contributed by atoms with E-state index < -0.39 is 17.9 Å². The van der Waals surface area contributed by atoms with Gasteiger partial charge in [-0.2, -0.15) is 0 Å². The summed E-state index contributed by atoms with van der Waals surface area (Å²) in [7, 11) is 0. The summed E-state index contributed by atoms with van der Waals surface area (Å²) in [5.41, 5.74) is 3.17. The molecule has 11 nitrogen and oxygen atoms in total. The summed E-state index contributed by atoms with van der Waals surface area (Å²) in [4.78, 5) is 71.0. The fourth-order valence-corrected chi connectivity index (χ4v) is 8.04. The molecule has 2 saturated carbocycles. The minimum atomic E-state index is -0.685. The minimum absolute atomic E-state index is 0.000217. The molecule has 3 aromatic carbocycles. The van der Waals surface area contributed by atoms with E-state index in [1.165, 1.54) is 11.1 Å². The molecule has 0 spiro atoms. The van der Waals surface area contributed by atoms with Gasteiger partial charge in [-0.15, -0.1) is 0 Å². The molecule has 7 atom stereocenters. The third-order valence-electron chi connectivity index (χ3n) is 11.5. The molecule has 0 bridgehead atoms. The summed E-state index contributed by atoms with van der Waals surface area (Å²) in [6.07, 6.45) is 5.97. The second-order valence-electron chi connectivity index (χ2n) is 15.3. The molecule has 4 aliphatic rings. The van der Waals surface area contributed by atoms with Crippen molar-refractivity contribution in [2.75, 3.05) is 39.3 Å². The van der Waals surface area contributed by atoms with Crippen LogP contribution in [0.3, 0.4) is 0 Å². The SMILES string of the molecule is CCCCCCNC(=O)C1CN(C(=O)c2ccc(C(=O)N3C[C@@H](C(=O)N[C@H]4C[C@@H]4c4ccccc4)[C@H](C(=O)N[C@H]4C[C@@H]4c4ccccc4)C3)cc2)CCN1. The Morgan fingerprint density at radius 3 is 1.67 bits per heavy atom. The zero-order valence-corrected chi connectivity index (χ0v) is 31.0. The van der Waals surface area contributed by atoms with Crippen molar-refractivity contribution in [2.24, 2.45) is 11.8 Å². The third-order valence-corrected chi connectivity index (χ3v) is 11.5. The summed E-state index contributed by atoms with van der Waals surface area (Å²) in [5.74, 6) is -1.89. The Hall–Kier alpha value is -5.03. The summed E-state index contributed by atoms with van der Waals surface area (Å²) in [6, 6.07) is 26.2. The van der Waals surface area contributed by atoms with Crippen LogP contribution in [0.25, 0.3) is 0 Å². The zero-order chi connectivity index (χ0) is 37.6. The van der Waals surface area contributed by atoms with Crippen LogP contribution in [-0.2, 0) is 14.4 Å². The lowest BCUT2D eigenvalue weighted by Crippen LogP contribution is -2.58. The van der Waals surface area contributed by atoms with Gasteiger partial charge in [0.05, 0.1) is 11.8 Å². The first-order valence-electron chi connectivity index (χ1n) is 19.7. The molecule has 2 aliphatic carbocycles. The van der Waals surface area contributed by atoms with Gasteiger partial charge in [0.2, 0.25) is 17.7 Å². The van der Waals surface area contributed by atoms with Gasteiger partial charge in [0.1, 0.15) is 6.04 Å². The Bertz CT molecular complexity index is 1730. The van der Waals surface area contributed by atoms with Crippen molar-refractivity contribution in [1.29, 1.82) is 0 Å². The minimum Gasteiger partial charge on any atom is -0.355 e. The van der Waals surface area contributed by atoms with Crippen LogP contribution in [0, 0.1) is 11.8 Å². The van der Waals surface area contributed by atoms with Gasteiger partial charge in [0.25, 0.3) is 11.8 Å². The largest absolute Gasteiger partial charge is 0.355 e. The van der Waals surface area contributed by atoms with Gasteiger partial charge in [-0.3, -0.25) is 24.0 Å². The Morgan fingerprint density at radius 2 is 1.15 bits per heavy atom. The number of hydrogen-bond donors (Lipinski definition) is 4. The predicted molar refractivity (Wildman–Crippen MR) is 206 cm³/mol. The highest BCUT2D eigenvalue weighted by molar-refractivity contribution is 5.99. The molecule has 4 N–H and O–H groups in total. The lowest BCUT2D eigenvalue weighted by atomic mass is 9.94. The molecular formula is C43H52N6O5. The van der Waals surface area contributed by atoms with Gasteiger partial charge in [-0.05, 0) is 54.7 Å². The van der Waals surface area contributed by atoms with Crippen LogP contribution in [0.1, 0.15) is 89.1 Å². The number of nitrogens with zero attached hydrogens (tertiary/aromatic N) is 2. The average molecular weight is 733 g/mol. The van der Waals surface area contributed by atoms with Crippen molar-refractivity contribution < 1.29 is 24.0 Å². The number of rotatable bonds is 14. The normalized spacial score (nSPS) is 25.8. The lowest BCUT2D eigenvalue weighted by molar-refractivity contribution is -0.133. The summed E-state index contributed by atoms with van der Waals surface area (Å²) in [5, 5.41) is 12.6. The van der Waals surface area contributed by atoms with Gasteiger partial charge in [-0.1, -0.05) is 86.8 Å². The number of amides is 5. The first kappa shape index (κ1) is 37.3. The molecule has 4 fully saturated rings. The van der Waals surface area contributed by atoms with Crippen molar-refractivity contribution in [3.8, 4) is 0 Å². The molecule has 3 aromatic rings. The topological polar surface area (TPSA) is 140 Å². The highest BCUT2D eigenvalue weighted by atomic mass is 16.2. The van der Waals surface area contributed by atoms with E-state index >= 15 is 0 Å². The van der Waals surface area contributed by atoms with Gasteiger partial charge < -0.3 is 31.1 Å². The molecule has 2 saturated heterocycles. The molecule has 5 amide bonds. The Kier molecular flexibility index (Phi) is 11.7. The molecule has 7 rings (SSSR count). The number of nitrogens with one attached hydrogen (secondary N) is 4. The molecule has 0 aromatic heterocycles. The maximum Gasteiger partial charge on any atom is 0.253 e. The molecule has 11 heteroatoms. The van der Waals surface area contributed by atoms with E-state index in [0.717, 1.165) is 38.5 Å². The average Bonchev–Trinajstić information content (AvgIpc) is 4.12. The maximum absolute atomic E-state index is 13.9. The molecule has 54 heavy (non-hydrogen) atoms. The van der Waals surface area contributed by atoms with Crippen LogP contribution < -0.4 is 21.3 Å². The molecule has 1 unspecified atom stereocenters. The fraction of sp³-hybridized carbons (Fsp3) is 0.465. The van der Waals surface area contributed by atoms with Gasteiger partial charge in [-0.25, -0.2) is 0 Å². The molecule has 0 radical (unpaired) electrons. The molecular weight excluding hydrogens is 681 g/mol. The van der Waals surface area contributed by atoms with Gasteiger partial charge >= 0.3 is 0 Å². The number of likely N-dealkylation sites (tertiary alicyclic amines) is 1. The summed E-state index contributed by atoms with van der Waals surface area (Å²) >= 11 is 0. The van der Waals surface area contributed by atoms with E-state index in [-0.39, 0.29) is 73.1 Å². The Morgan fingerprint density at radius 1 is 0.630 bits per heavy atom.